The molecule has 1 aromatic carbocycles. The molecule has 2 aliphatic rings. The van der Waals surface area contributed by atoms with Crippen LogP contribution in [0.1, 0.15) is 22.5 Å². The van der Waals surface area contributed by atoms with Crippen LogP contribution >= 0.6 is 0 Å². The Hall–Kier alpha value is -3.54. The number of hydrazone groups is 1. The second-order valence-corrected chi connectivity index (χ2v) is 7.66. The SMILES string of the molecule is Cc1ccc(C2=NN(C(=O)NCc3ccc(C(F)(F)F)nn3)CC2N2CCOCC2=O)cc1. The van der Waals surface area contributed by atoms with Crippen LogP contribution in [0.25, 0.3) is 0 Å². The molecule has 0 saturated carbocycles. The van der Waals surface area contributed by atoms with E-state index >= 15 is 0 Å². The molecule has 3 amide bonds. The van der Waals surface area contributed by atoms with Crippen LogP contribution in [0.15, 0.2) is 41.5 Å². The minimum absolute atomic E-state index is 0.0313. The fourth-order valence-electron chi connectivity index (χ4n) is 3.56. The molecule has 2 aliphatic heterocycles. The molecular weight excluding hydrogens is 441 g/mol. The molecule has 1 N–H and O–H groups in total. The normalized spacial score (nSPS) is 19.0. The maximum absolute atomic E-state index is 12.7. The quantitative estimate of drug-likeness (QED) is 0.749. The lowest BCUT2D eigenvalue weighted by atomic mass is 10.0. The highest BCUT2D eigenvalue weighted by Crippen LogP contribution is 2.26. The van der Waals surface area contributed by atoms with Crippen LogP contribution < -0.4 is 5.32 Å². The van der Waals surface area contributed by atoms with E-state index in [2.05, 4.69) is 20.6 Å². The van der Waals surface area contributed by atoms with Gasteiger partial charge in [-0.05, 0) is 24.6 Å². The number of morpholine rings is 1. The maximum Gasteiger partial charge on any atom is 0.435 e. The van der Waals surface area contributed by atoms with Crippen LogP contribution in [0.2, 0.25) is 0 Å². The summed E-state index contributed by atoms with van der Waals surface area (Å²) in [5.41, 5.74) is 1.48. The number of aryl methyl sites for hydroxylation is 1. The zero-order valence-corrected chi connectivity index (χ0v) is 17.7. The predicted molar refractivity (Wildman–Crippen MR) is 110 cm³/mol. The van der Waals surface area contributed by atoms with Gasteiger partial charge in [0.2, 0.25) is 5.91 Å². The van der Waals surface area contributed by atoms with Gasteiger partial charge in [0.05, 0.1) is 37.1 Å². The molecule has 1 unspecified atom stereocenters. The number of carbonyl (C=O) groups is 2. The number of urea groups is 1. The van der Waals surface area contributed by atoms with Crippen molar-refractivity contribution in [2.24, 2.45) is 5.10 Å². The first-order chi connectivity index (χ1) is 15.7. The first-order valence-electron chi connectivity index (χ1n) is 10.2. The summed E-state index contributed by atoms with van der Waals surface area (Å²) in [6, 6.07) is 8.54. The molecule has 0 radical (unpaired) electrons. The summed E-state index contributed by atoms with van der Waals surface area (Å²) >= 11 is 0. The molecule has 0 aliphatic carbocycles. The van der Waals surface area contributed by atoms with E-state index in [1.54, 1.807) is 4.90 Å². The summed E-state index contributed by atoms with van der Waals surface area (Å²) in [5.74, 6) is -0.187. The molecule has 0 bridgehead atoms. The second-order valence-electron chi connectivity index (χ2n) is 7.66. The van der Waals surface area contributed by atoms with E-state index in [4.69, 9.17) is 4.74 Å². The average molecular weight is 462 g/mol. The Morgan fingerprint density at radius 2 is 1.94 bits per heavy atom. The van der Waals surface area contributed by atoms with E-state index in [0.29, 0.717) is 18.9 Å². The Morgan fingerprint density at radius 1 is 1.18 bits per heavy atom. The lowest BCUT2D eigenvalue weighted by Crippen LogP contribution is -2.52. The van der Waals surface area contributed by atoms with E-state index in [-0.39, 0.29) is 31.3 Å². The average Bonchev–Trinajstić information content (AvgIpc) is 3.23. The molecule has 1 fully saturated rings. The van der Waals surface area contributed by atoms with Crippen LogP contribution in [-0.4, -0.2) is 70.1 Å². The van der Waals surface area contributed by atoms with Gasteiger partial charge in [-0.25, -0.2) is 9.80 Å². The monoisotopic (exact) mass is 462 g/mol. The van der Waals surface area contributed by atoms with Gasteiger partial charge in [-0.1, -0.05) is 29.8 Å². The molecule has 9 nitrogen and oxygen atoms in total. The summed E-state index contributed by atoms with van der Waals surface area (Å²) in [5, 5.41) is 14.9. The molecule has 33 heavy (non-hydrogen) atoms. The third-order valence-corrected chi connectivity index (χ3v) is 5.30. The maximum atomic E-state index is 12.7. The largest absolute Gasteiger partial charge is 0.435 e. The Morgan fingerprint density at radius 3 is 2.58 bits per heavy atom. The number of rotatable bonds is 4. The first kappa shape index (κ1) is 22.6. The van der Waals surface area contributed by atoms with Crippen molar-refractivity contribution < 1.29 is 27.5 Å². The summed E-state index contributed by atoms with van der Waals surface area (Å²) in [4.78, 5) is 26.8. The van der Waals surface area contributed by atoms with Gasteiger partial charge in [0.1, 0.15) is 6.61 Å². The van der Waals surface area contributed by atoms with Crippen LogP contribution in [0, 0.1) is 6.92 Å². The molecule has 3 heterocycles. The number of ether oxygens (including phenoxy) is 1. The third-order valence-electron chi connectivity index (χ3n) is 5.30. The lowest BCUT2D eigenvalue weighted by Gasteiger charge is -2.32. The molecule has 12 heteroatoms. The van der Waals surface area contributed by atoms with Gasteiger partial charge in [0.15, 0.2) is 5.69 Å². The second kappa shape index (κ2) is 9.14. The van der Waals surface area contributed by atoms with Gasteiger partial charge < -0.3 is 15.0 Å². The van der Waals surface area contributed by atoms with Crippen molar-refractivity contribution in [3.8, 4) is 0 Å². The van der Waals surface area contributed by atoms with E-state index < -0.39 is 23.9 Å². The smallest absolute Gasteiger partial charge is 0.370 e. The Balaban J connectivity index is 1.49. The number of hydrogen-bond acceptors (Lipinski definition) is 6. The summed E-state index contributed by atoms with van der Waals surface area (Å²) < 4.78 is 43.1. The standard InChI is InChI=1S/C21H21F3N6O3/c1-13-2-4-14(5-3-13)19-16(29-8-9-33-12-18(29)31)11-30(28-19)20(32)25-10-15-6-7-17(27-26-15)21(22,23)24/h2-7,16H,8-12H2,1H3,(H,25,32). The van der Waals surface area contributed by atoms with Gasteiger partial charge in [-0.2, -0.15) is 23.4 Å². The van der Waals surface area contributed by atoms with E-state index in [1.165, 1.54) is 5.01 Å². The minimum atomic E-state index is -4.59. The number of halogens is 3. The number of nitrogens with zero attached hydrogens (tertiary/aromatic N) is 5. The zero-order valence-electron chi connectivity index (χ0n) is 17.7. The van der Waals surface area contributed by atoms with Gasteiger partial charge in [0.25, 0.3) is 0 Å². The van der Waals surface area contributed by atoms with E-state index in [1.807, 2.05) is 31.2 Å². The van der Waals surface area contributed by atoms with Gasteiger partial charge in [-0.15, -0.1) is 5.10 Å². The highest BCUT2D eigenvalue weighted by molar-refractivity contribution is 6.08. The Labute approximate surface area is 187 Å². The number of nitrogens with one attached hydrogen (secondary N) is 1. The van der Waals surface area contributed by atoms with Crippen molar-refractivity contribution in [1.29, 1.82) is 0 Å². The molecule has 174 valence electrons. The number of aromatic nitrogens is 2. The fraction of sp³-hybridized carbons (Fsp3) is 0.381. The highest BCUT2D eigenvalue weighted by atomic mass is 19.4. The molecule has 1 atom stereocenters. The van der Waals surface area contributed by atoms with Crippen molar-refractivity contribution in [2.75, 3.05) is 26.3 Å². The van der Waals surface area contributed by atoms with Crippen molar-refractivity contribution in [2.45, 2.75) is 25.7 Å². The van der Waals surface area contributed by atoms with E-state index in [9.17, 15) is 22.8 Å². The summed E-state index contributed by atoms with van der Waals surface area (Å²) in [6.07, 6.45) is -4.59. The fourth-order valence-corrected chi connectivity index (χ4v) is 3.56. The number of alkyl halides is 3. The Bertz CT molecular complexity index is 1060. The van der Waals surface area contributed by atoms with Gasteiger partial charge in [0, 0.05) is 6.54 Å². The van der Waals surface area contributed by atoms with E-state index in [0.717, 1.165) is 23.3 Å². The number of hydrogen-bond donors (Lipinski definition) is 1. The molecule has 4 rings (SSSR count). The van der Waals surface area contributed by atoms with Crippen molar-refractivity contribution in [1.82, 2.24) is 25.4 Å². The van der Waals surface area contributed by atoms with Crippen LogP contribution in [0.4, 0.5) is 18.0 Å². The molecule has 2 aromatic rings. The molecule has 0 spiro atoms. The third kappa shape index (κ3) is 5.11. The minimum Gasteiger partial charge on any atom is -0.370 e. The predicted octanol–water partition coefficient (Wildman–Crippen LogP) is 1.96. The first-order valence-corrected chi connectivity index (χ1v) is 10.2. The van der Waals surface area contributed by atoms with Gasteiger partial charge in [-0.3, -0.25) is 4.79 Å². The van der Waals surface area contributed by atoms with Crippen LogP contribution in [0.3, 0.4) is 0 Å². The highest BCUT2D eigenvalue weighted by Gasteiger charge is 2.38. The summed E-state index contributed by atoms with van der Waals surface area (Å²) in [6.45, 7) is 2.70. The number of benzene rings is 1. The topological polar surface area (TPSA) is 100 Å². The number of amides is 3. The number of carbonyl (C=O) groups excluding carboxylic acids is 2. The van der Waals surface area contributed by atoms with Crippen molar-refractivity contribution >= 4 is 17.6 Å². The molecular formula is C21H21F3N6O3. The lowest BCUT2D eigenvalue weighted by molar-refractivity contribution is -0.144. The van der Waals surface area contributed by atoms with Crippen molar-refractivity contribution in [3.63, 3.8) is 0 Å². The zero-order chi connectivity index (χ0) is 23.6. The van der Waals surface area contributed by atoms with Crippen LogP contribution in [-0.2, 0) is 22.3 Å². The summed E-state index contributed by atoms with van der Waals surface area (Å²) in [7, 11) is 0. The molecule has 1 saturated heterocycles. The Kier molecular flexibility index (Phi) is 6.27. The van der Waals surface area contributed by atoms with Gasteiger partial charge >= 0.3 is 12.2 Å². The van der Waals surface area contributed by atoms with Crippen molar-refractivity contribution in [3.05, 3.63) is 58.9 Å². The molecule has 1 aromatic heterocycles. The van der Waals surface area contributed by atoms with Crippen LogP contribution in [0.5, 0.6) is 0 Å².